The molecule has 0 heterocycles. The van der Waals surface area contributed by atoms with Crippen molar-refractivity contribution in [2.24, 2.45) is 0 Å². The summed E-state index contributed by atoms with van der Waals surface area (Å²) in [6.45, 7) is 8.19. The Balaban J connectivity index is 5.13. The SMILES string of the molecule is CCCN([SiH2]OC(C)(OC)OC)C(CC(=O)OCC)C(=O)OCC. The van der Waals surface area contributed by atoms with Gasteiger partial charge in [0.2, 0.25) is 9.92 Å². The van der Waals surface area contributed by atoms with Crippen molar-refractivity contribution in [3.63, 3.8) is 0 Å². The highest BCUT2D eigenvalue weighted by Gasteiger charge is 2.33. The Morgan fingerprint density at radius 2 is 1.67 bits per heavy atom. The quantitative estimate of drug-likeness (QED) is 0.266. The van der Waals surface area contributed by atoms with E-state index in [0.717, 1.165) is 6.42 Å². The number of ether oxygens (including phenoxy) is 4. The lowest BCUT2D eigenvalue weighted by Crippen LogP contribution is -2.50. The van der Waals surface area contributed by atoms with Gasteiger partial charge in [0, 0.05) is 21.1 Å². The van der Waals surface area contributed by atoms with Crippen molar-refractivity contribution >= 4 is 21.9 Å². The summed E-state index contributed by atoms with van der Waals surface area (Å²) in [4.78, 5) is 24.1. The molecule has 0 aliphatic heterocycles. The predicted molar refractivity (Wildman–Crippen MR) is 90.7 cm³/mol. The first kappa shape index (κ1) is 23.0. The largest absolute Gasteiger partial charge is 0.466 e. The van der Waals surface area contributed by atoms with Gasteiger partial charge in [-0.3, -0.25) is 14.2 Å². The van der Waals surface area contributed by atoms with E-state index in [2.05, 4.69) is 0 Å². The number of rotatable bonds is 13. The van der Waals surface area contributed by atoms with E-state index in [9.17, 15) is 9.59 Å². The number of nitrogens with zero attached hydrogens (tertiary/aromatic N) is 1. The van der Waals surface area contributed by atoms with Gasteiger partial charge in [-0.05, 0) is 26.8 Å². The molecule has 0 saturated carbocycles. The molecular formula is C15H31NO7Si. The molecule has 0 rings (SSSR count). The smallest absolute Gasteiger partial charge is 0.323 e. The molecule has 0 aliphatic carbocycles. The molecule has 24 heavy (non-hydrogen) atoms. The van der Waals surface area contributed by atoms with Gasteiger partial charge in [-0.25, -0.2) is 0 Å². The summed E-state index contributed by atoms with van der Waals surface area (Å²) in [6, 6.07) is -0.728. The van der Waals surface area contributed by atoms with Crippen LogP contribution in [-0.4, -0.2) is 72.4 Å². The van der Waals surface area contributed by atoms with Crippen LogP contribution < -0.4 is 0 Å². The molecule has 8 nitrogen and oxygen atoms in total. The molecule has 0 aromatic rings. The van der Waals surface area contributed by atoms with Gasteiger partial charge in [-0.1, -0.05) is 6.92 Å². The van der Waals surface area contributed by atoms with E-state index in [1.165, 1.54) is 14.2 Å². The second-order valence-electron chi connectivity index (χ2n) is 5.13. The second-order valence-corrected chi connectivity index (χ2v) is 6.49. The van der Waals surface area contributed by atoms with Crippen molar-refractivity contribution in [3.8, 4) is 0 Å². The minimum atomic E-state index is -1.40. The maximum atomic E-state index is 12.3. The van der Waals surface area contributed by atoms with Crippen LogP contribution >= 0.6 is 0 Å². The van der Waals surface area contributed by atoms with Crippen LogP contribution in [0.3, 0.4) is 0 Å². The zero-order chi connectivity index (χ0) is 18.6. The summed E-state index contributed by atoms with van der Waals surface area (Å²) in [5, 5.41) is 0. The van der Waals surface area contributed by atoms with Crippen LogP contribution in [0.5, 0.6) is 0 Å². The van der Waals surface area contributed by atoms with Gasteiger partial charge in [0.25, 0.3) is 5.97 Å². The lowest BCUT2D eigenvalue weighted by Gasteiger charge is -2.33. The molecule has 9 heteroatoms. The first-order chi connectivity index (χ1) is 11.4. The van der Waals surface area contributed by atoms with Gasteiger partial charge in [-0.2, -0.15) is 0 Å². The normalized spacial score (nSPS) is 13.5. The predicted octanol–water partition coefficient (Wildman–Crippen LogP) is 0.565. The van der Waals surface area contributed by atoms with Crippen LogP contribution in [0.25, 0.3) is 0 Å². The summed E-state index contributed by atoms with van der Waals surface area (Å²) >= 11 is 0. The fraction of sp³-hybridized carbons (Fsp3) is 0.867. The summed E-state index contributed by atoms with van der Waals surface area (Å²) in [5.41, 5.74) is 0. The Labute approximate surface area is 146 Å². The van der Waals surface area contributed by atoms with Crippen LogP contribution in [-0.2, 0) is 33.0 Å². The highest BCUT2D eigenvalue weighted by molar-refractivity contribution is 6.24. The van der Waals surface area contributed by atoms with Gasteiger partial charge in [0.1, 0.15) is 6.04 Å². The van der Waals surface area contributed by atoms with Crippen LogP contribution in [0.1, 0.15) is 40.5 Å². The fourth-order valence-electron chi connectivity index (χ4n) is 1.98. The summed E-state index contributed by atoms with van der Waals surface area (Å²) in [7, 11) is 1.55. The van der Waals surface area contributed by atoms with Crippen molar-refractivity contribution in [1.82, 2.24) is 4.57 Å². The molecule has 1 unspecified atom stereocenters. The maximum absolute atomic E-state index is 12.3. The zero-order valence-electron chi connectivity index (χ0n) is 15.6. The fourth-order valence-corrected chi connectivity index (χ4v) is 3.52. The summed E-state index contributed by atoms with van der Waals surface area (Å²) in [5.74, 6) is -2.07. The molecule has 0 spiro atoms. The molecule has 0 bridgehead atoms. The number of methoxy groups -OCH3 is 2. The van der Waals surface area contributed by atoms with Gasteiger partial charge in [0.15, 0.2) is 0 Å². The average molecular weight is 365 g/mol. The van der Waals surface area contributed by atoms with Gasteiger partial charge in [-0.15, -0.1) is 0 Å². The maximum Gasteiger partial charge on any atom is 0.323 e. The molecule has 0 N–H and O–H groups in total. The molecule has 0 saturated heterocycles. The molecular weight excluding hydrogens is 334 g/mol. The van der Waals surface area contributed by atoms with Crippen LogP contribution in [0.2, 0.25) is 0 Å². The molecule has 0 aromatic carbocycles. The minimum absolute atomic E-state index is 0.0697. The summed E-state index contributed by atoms with van der Waals surface area (Å²) in [6.07, 6.45) is 0.728. The van der Waals surface area contributed by atoms with E-state index in [-0.39, 0.29) is 19.6 Å². The molecule has 0 fully saturated rings. The topological polar surface area (TPSA) is 83.5 Å². The van der Waals surface area contributed by atoms with E-state index in [0.29, 0.717) is 6.54 Å². The van der Waals surface area contributed by atoms with Crippen molar-refractivity contribution in [2.75, 3.05) is 34.0 Å². The van der Waals surface area contributed by atoms with Crippen molar-refractivity contribution in [3.05, 3.63) is 0 Å². The van der Waals surface area contributed by atoms with Gasteiger partial charge >= 0.3 is 11.9 Å². The first-order valence-corrected chi connectivity index (χ1v) is 9.38. The minimum Gasteiger partial charge on any atom is -0.466 e. The Morgan fingerprint density at radius 3 is 2.12 bits per heavy atom. The second kappa shape index (κ2) is 12.4. The van der Waals surface area contributed by atoms with E-state index in [1.807, 2.05) is 11.5 Å². The monoisotopic (exact) mass is 365 g/mol. The Morgan fingerprint density at radius 1 is 1.08 bits per heavy atom. The summed E-state index contributed by atoms with van der Waals surface area (Å²) < 4.78 is 28.0. The third-order valence-electron chi connectivity index (χ3n) is 3.41. The Kier molecular flexibility index (Phi) is 11.9. The standard InChI is InChI=1S/C15H31NO7Si/c1-7-10-16(24-23-15(4,19-5)20-6)12(14(18)22-9-3)11-13(17)21-8-2/h12H,7-11,24H2,1-6H3. The molecule has 0 aliphatic rings. The number of esters is 2. The average Bonchev–Trinajstić information content (AvgIpc) is 2.57. The number of hydrogen-bond donors (Lipinski definition) is 0. The number of carbonyl (C=O) groups excluding carboxylic acids is 2. The zero-order valence-corrected chi connectivity index (χ0v) is 17.0. The van der Waals surface area contributed by atoms with E-state index in [1.54, 1.807) is 20.8 Å². The Hall–Kier alpha value is -1.00. The van der Waals surface area contributed by atoms with Crippen molar-refractivity contribution in [1.29, 1.82) is 0 Å². The number of hydrogen-bond acceptors (Lipinski definition) is 8. The highest BCUT2D eigenvalue weighted by atomic mass is 28.2. The van der Waals surface area contributed by atoms with E-state index >= 15 is 0 Å². The van der Waals surface area contributed by atoms with Crippen molar-refractivity contribution < 1.29 is 33.0 Å². The van der Waals surface area contributed by atoms with Crippen LogP contribution in [0.15, 0.2) is 0 Å². The first-order valence-electron chi connectivity index (χ1n) is 8.17. The molecule has 1 atom stereocenters. The Bertz CT molecular complexity index is 377. The molecule has 142 valence electrons. The number of carbonyl (C=O) groups is 2. The lowest BCUT2D eigenvalue weighted by atomic mass is 10.2. The van der Waals surface area contributed by atoms with Crippen molar-refractivity contribution in [2.45, 2.75) is 52.6 Å². The van der Waals surface area contributed by atoms with E-state index in [4.69, 9.17) is 23.4 Å². The molecule has 0 amide bonds. The van der Waals surface area contributed by atoms with Gasteiger partial charge < -0.3 is 23.4 Å². The van der Waals surface area contributed by atoms with E-state index < -0.39 is 33.9 Å². The third kappa shape index (κ3) is 8.20. The molecule has 0 radical (unpaired) electrons. The third-order valence-corrected chi connectivity index (χ3v) is 5.15. The van der Waals surface area contributed by atoms with Crippen LogP contribution in [0.4, 0.5) is 0 Å². The highest BCUT2D eigenvalue weighted by Crippen LogP contribution is 2.14. The van der Waals surface area contributed by atoms with Gasteiger partial charge in [0.05, 0.1) is 19.6 Å². The van der Waals surface area contributed by atoms with Crippen LogP contribution in [0, 0.1) is 0 Å². The lowest BCUT2D eigenvalue weighted by molar-refractivity contribution is -0.312. The molecule has 0 aromatic heterocycles.